The number of aryl methyl sites for hydroxylation is 1. The van der Waals surface area contributed by atoms with Crippen LogP contribution in [-0.4, -0.2) is 30.6 Å². The molecule has 1 saturated heterocycles. The number of benzene rings is 1. The van der Waals surface area contributed by atoms with Crippen LogP contribution in [0.5, 0.6) is 0 Å². The number of hydrogen-bond donors (Lipinski definition) is 1. The zero-order valence-corrected chi connectivity index (χ0v) is 20.6. The predicted octanol–water partition coefficient (Wildman–Crippen LogP) is 5.15. The molecule has 0 unspecified atom stereocenters. The van der Waals surface area contributed by atoms with Crippen LogP contribution in [0.3, 0.4) is 0 Å². The van der Waals surface area contributed by atoms with Crippen LogP contribution in [0.1, 0.15) is 48.8 Å². The van der Waals surface area contributed by atoms with Crippen LogP contribution in [0.25, 0.3) is 11.7 Å². The molecular formula is C26H26N4O2S2. The molecule has 1 saturated carbocycles. The number of nitrogens with one attached hydrogen (secondary N) is 1. The van der Waals surface area contributed by atoms with Crippen molar-refractivity contribution in [3.8, 4) is 0 Å². The highest BCUT2D eigenvalue weighted by Gasteiger charge is 2.33. The summed E-state index contributed by atoms with van der Waals surface area (Å²) in [6.45, 7) is 2.44. The van der Waals surface area contributed by atoms with E-state index in [9.17, 15) is 9.59 Å². The number of rotatable bonds is 5. The van der Waals surface area contributed by atoms with Crippen LogP contribution in [-0.2, 0) is 11.3 Å². The molecule has 8 heteroatoms. The smallest absolute Gasteiger partial charge is 0.267 e. The van der Waals surface area contributed by atoms with Gasteiger partial charge in [0, 0.05) is 12.2 Å². The highest BCUT2D eigenvalue weighted by molar-refractivity contribution is 8.26. The van der Waals surface area contributed by atoms with Crippen LogP contribution in [0, 0.1) is 6.92 Å². The summed E-state index contributed by atoms with van der Waals surface area (Å²) in [4.78, 5) is 33.5. The molecule has 1 N–H and O–H groups in total. The maximum Gasteiger partial charge on any atom is 0.267 e. The van der Waals surface area contributed by atoms with Crippen molar-refractivity contribution >= 4 is 51.7 Å². The Morgan fingerprint density at radius 3 is 2.65 bits per heavy atom. The standard InChI is InChI=1S/C26H26N4O2S2/c1-17-10-12-18(13-11-17)16-30-25(32)21(34-26(30)33)15-20-23(27-19-7-3-2-4-8-19)28-22-9-5-6-14-29(22)24(20)31/h5-6,9-15,19,27H,2-4,7-8,16H2,1H3. The van der Waals surface area contributed by atoms with Crippen molar-refractivity contribution in [1.82, 2.24) is 14.3 Å². The minimum absolute atomic E-state index is 0.184. The molecule has 0 atom stereocenters. The van der Waals surface area contributed by atoms with Crippen molar-refractivity contribution in [1.29, 1.82) is 0 Å². The summed E-state index contributed by atoms with van der Waals surface area (Å²) in [5.74, 6) is 0.351. The molecule has 2 aromatic heterocycles. The molecule has 3 heterocycles. The molecule has 5 rings (SSSR count). The van der Waals surface area contributed by atoms with E-state index in [2.05, 4.69) is 5.32 Å². The first-order chi connectivity index (χ1) is 16.5. The summed E-state index contributed by atoms with van der Waals surface area (Å²) in [5, 5.41) is 3.50. The Kier molecular flexibility index (Phi) is 6.52. The van der Waals surface area contributed by atoms with Gasteiger partial charge in [0.1, 0.15) is 15.8 Å². The van der Waals surface area contributed by atoms with E-state index in [4.69, 9.17) is 17.2 Å². The normalized spacial score (nSPS) is 18.3. The van der Waals surface area contributed by atoms with Gasteiger partial charge in [-0.15, -0.1) is 0 Å². The second-order valence-corrected chi connectivity index (χ2v) is 10.5. The molecule has 34 heavy (non-hydrogen) atoms. The van der Waals surface area contributed by atoms with Gasteiger partial charge in [-0.3, -0.25) is 18.9 Å². The van der Waals surface area contributed by atoms with Gasteiger partial charge in [-0.25, -0.2) is 4.98 Å². The quantitative estimate of drug-likeness (QED) is 0.394. The summed E-state index contributed by atoms with van der Waals surface area (Å²) >= 11 is 6.76. The molecular weight excluding hydrogens is 464 g/mol. The van der Waals surface area contributed by atoms with Gasteiger partial charge in [0.15, 0.2) is 0 Å². The van der Waals surface area contributed by atoms with Crippen molar-refractivity contribution in [3.05, 3.63) is 80.6 Å². The average molecular weight is 491 g/mol. The molecule has 2 fully saturated rings. The SMILES string of the molecule is Cc1ccc(CN2C(=O)C(=Cc3c(NC4CCCCC4)nc4ccccn4c3=O)SC2=S)cc1. The van der Waals surface area contributed by atoms with Crippen LogP contribution < -0.4 is 10.9 Å². The number of amides is 1. The molecule has 6 nitrogen and oxygen atoms in total. The Morgan fingerprint density at radius 1 is 1.12 bits per heavy atom. The lowest BCUT2D eigenvalue weighted by atomic mass is 9.95. The lowest BCUT2D eigenvalue weighted by Gasteiger charge is -2.24. The monoisotopic (exact) mass is 490 g/mol. The number of fused-ring (bicyclic) bond motifs is 1. The summed E-state index contributed by atoms with van der Waals surface area (Å²) in [7, 11) is 0. The zero-order valence-electron chi connectivity index (χ0n) is 19.0. The lowest BCUT2D eigenvalue weighted by molar-refractivity contribution is -0.122. The first-order valence-electron chi connectivity index (χ1n) is 11.6. The van der Waals surface area contributed by atoms with Gasteiger partial charge >= 0.3 is 0 Å². The molecule has 174 valence electrons. The molecule has 1 aromatic carbocycles. The van der Waals surface area contributed by atoms with Gasteiger partial charge in [-0.2, -0.15) is 0 Å². The molecule has 0 radical (unpaired) electrons. The number of carbonyl (C=O) groups excluding carboxylic acids is 1. The van der Waals surface area contributed by atoms with Crippen molar-refractivity contribution in [2.45, 2.75) is 51.6 Å². The molecule has 3 aromatic rings. The zero-order chi connectivity index (χ0) is 23.7. The van der Waals surface area contributed by atoms with Crippen molar-refractivity contribution in [2.75, 3.05) is 5.32 Å². The molecule has 1 aliphatic heterocycles. The third kappa shape index (κ3) is 4.65. The van der Waals surface area contributed by atoms with Crippen LogP contribution >= 0.6 is 24.0 Å². The molecule has 2 aliphatic rings. The van der Waals surface area contributed by atoms with E-state index in [0.717, 1.165) is 36.8 Å². The fourth-order valence-corrected chi connectivity index (χ4v) is 5.66. The highest BCUT2D eigenvalue weighted by atomic mass is 32.2. The minimum Gasteiger partial charge on any atom is -0.367 e. The van der Waals surface area contributed by atoms with E-state index in [0.29, 0.717) is 32.8 Å². The van der Waals surface area contributed by atoms with Gasteiger partial charge in [-0.1, -0.05) is 79.1 Å². The Morgan fingerprint density at radius 2 is 1.88 bits per heavy atom. The van der Waals surface area contributed by atoms with Gasteiger partial charge in [-0.05, 0) is 43.5 Å². The summed E-state index contributed by atoms with van der Waals surface area (Å²) < 4.78 is 2.01. The maximum atomic E-state index is 13.4. The number of aromatic nitrogens is 2. The summed E-state index contributed by atoms with van der Waals surface area (Å²) in [6.07, 6.45) is 9.03. The number of nitrogens with zero attached hydrogens (tertiary/aromatic N) is 3. The Balaban J connectivity index is 1.50. The molecule has 1 aliphatic carbocycles. The number of thioether (sulfide) groups is 1. The van der Waals surface area contributed by atoms with E-state index in [1.54, 1.807) is 23.2 Å². The summed E-state index contributed by atoms with van der Waals surface area (Å²) in [6, 6.07) is 13.8. The van der Waals surface area contributed by atoms with E-state index < -0.39 is 0 Å². The Bertz CT molecular complexity index is 1340. The highest BCUT2D eigenvalue weighted by Crippen LogP contribution is 2.34. The van der Waals surface area contributed by atoms with Crippen LogP contribution in [0.4, 0.5) is 5.82 Å². The molecule has 0 spiro atoms. The van der Waals surface area contributed by atoms with Crippen LogP contribution in [0.15, 0.2) is 58.4 Å². The number of pyridine rings is 1. The van der Waals surface area contributed by atoms with Crippen molar-refractivity contribution < 1.29 is 4.79 Å². The van der Waals surface area contributed by atoms with Gasteiger partial charge < -0.3 is 5.32 Å². The van der Waals surface area contributed by atoms with E-state index >= 15 is 0 Å². The van der Waals surface area contributed by atoms with Crippen molar-refractivity contribution in [2.24, 2.45) is 0 Å². The minimum atomic E-state index is -0.201. The number of hydrogen-bond acceptors (Lipinski definition) is 6. The van der Waals surface area contributed by atoms with Gasteiger partial charge in [0.2, 0.25) is 0 Å². The van der Waals surface area contributed by atoms with E-state index in [1.807, 2.05) is 43.3 Å². The fourth-order valence-electron chi connectivity index (χ4n) is 4.43. The topological polar surface area (TPSA) is 66.7 Å². The first kappa shape index (κ1) is 22.8. The lowest BCUT2D eigenvalue weighted by Crippen LogP contribution is -2.28. The molecule has 0 bridgehead atoms. The largest absolute Gasteiger partial charge is 0.367 e. The molecule has 1 amide bonds. The second kappa shape index (κ2) is 9.72. The van der Waals surface area contributed by atoms with Crippen molar-refractivity contribution in [3.63, 3.8) is 0 Å². The number of carbonyl (C=O) groups is 1. The number of anilines is 1. The number of thiocarbonyl (C=S) groups is 1. The maximum absolute atomic E-state index is 13.4. The second-order valence-electron chi connectivity index (χ2n) is 8.84. The third-order valence-corrected chi connectivity index (χ3v) is 7.70. The van der Waals surface area contributed by atoms with E-state index in [1.165, 1.54) is 22.6 Å². The summed E-state index contributed by atoms with van der Waals surface area (Å²) in [5.41, 5.74) is 2.94. The first-order valence-corrected chi connectivity index (χ1v) is 12.8. The van der Waals surface area contributed by atoms with Gasteiger partial charge in [0.05, 0.1) is 17.0 Å². The average Bonchev–Trinajstić information content (AvgIpc) is 3.11. The Labute approximate surface area is 208 Å². The fraction of sp³-hybridized carbons (Fsp3) is 0.308. The third-order valence-electron chi connectivity index (χ3n) is 6.33. The Hall–Kier alpha value is -2.97. The van der Waals surface area contributed by atoms with Gasteiger partial charge in [0.25, 0.3) is 11.5 Å². The van der Waals surface area contributed by atoms with E-state index in [-0.39, 0.29) is 17.5 Å². The van der Waals surface area contributed by atoms with Crippen LogP contribution in [0.2, 0.25) is 0 Å². The predicted molar refractivity (Wildman–Crippen MR) is 142 cm³/mol.